The standard InChI is InChI=1S/C10H18N2O2/c1-10(2,3)14-9(13)12-5-6-4-7(12)8(6)11/h6-8H,4-5,11H2,1-3H3/t6-,7-,8+/m1/s1. The Kier molecular flexibility index (Phi) is 2.00. The van der Waals surface area contributed by atoms with E-state index in [0.717, 1.165) is 13.0 Å². The van der Waals surface area contributed by atoms with Gasteiger partial charge in [0.05, 0.1) is 6.04 Å². The van der Waals surface area contributed by atoms with Crippen molar-refractivity contribution in [3.8, 4) is 0 Å². The van der Waals surface area contributed by atoms with E-state index in [9.17, 15) is 4.79 Å². The number of carbonyl (C=O) groups excluding carboxylic acids is 1. The van der Waals surface area contributed by atoms with Gasteiger partial charge in [0.1, 0.15) is 5.60 Å². The zero-order valence-electron chi connectivity index (χ0n) is 8.99. The van der Waals surface area contributed by atoms with E-state index in [1.165, 1.54) is 0 Å². The van der Waals surface area contributed by atoms with Gasteiger partial charge < -0.3 is 15.4 Å². The number of ether oxygens (including phenoxy) is 1. The van der Waals surface area contributed by atoms with Crippen molar-refractivity contribution in [2.45, 2.75) is 44.9 Å². The van der Waals surface area contributed by atoms with Crippen LogP contribution in [0.3, 0.4) is 0 Å². The molecule has 2 aliphatic heterocycles. The van der Waals surface area contributed by atoms with Crippen molar-refractivity contribution in [2.75, 3.05) is 6.54 Å². The molecule has 2 bridgehead atoms. The van der Waals surface area contributed by atoms with Gasteiger partial charge >= 0.3 is 6.09 Å². The van der Waals surface area contributed by atoms with Crippen molar-refractivity contribution in [2.24, 2.45) is 11.7 Å². The topological polar surface area (TPSA) is 55.6 Å². The molecule has 1 aliphatic carbocycles. The molecule has 0 aromatic carbocycles. The quantitative estimate of drug-likeness (QED) is 0.630. The Balaban J connectivity index is 1.94. The Labute approximate surface area is 84.4 Å². The summed E-state index contributed by atoms with van der Waals surface area (Å²) in [6.07, 6.45) is 0.846. The highest BCUT2D eigenvalue weighted by Crippen LogP contribution is 2.40. The second kappa shape index (κ2) is 2.86. The van der Waals surface area contributed by atoms with E-state index in [1.54, 1.807) is 4.90 Å². The summed E-state index contributed by atoms with van der Waals surface area (Å²) in [5.74, 6) is 0.507. The van der Waals surface area contributed by atoms with E-state index < -0.39 is 5.60 Å². The molecule has 14 heavy (non-hydrogen) atoms. The minimum atomic E-state index is -0.409. The summed E-state index contributed by atoms with van der Waals surface area (Å²) >= 11 is 0. The summed E-state index contributed by atoms with van der Waals surface area (Å²) in [6, 6.07) is 0.414. The second-order valence-electron chi connectivity index (χ2n) is 5.27. The van der Waals surface area contributed by atoms with E-state index in [0.29, 0.717) is 5.92 Å². The average molecular weight is 198 g/mol. The van der Waals surface area contributed by atoms with Gasteiger partial charge in [-0.05, 0) is 33.1 Å². The predicted molar refractivity (Wildman–Crippen MR) is 52.8 cm³/mol. The van der Waals surface area contributed by atoms with Crippen molar-refractivity contribution in [3.05, 3.63) is 0 Å². The SMILES string of the molecule is CC(C)(C)OC(=O)N1C[C@H]2C[C@@H]1[C@H]2N. The first-order valence-electron chi connectivity index (χ1n) is 5.14. The van der Waals surface area contributed by atoms with Gasteiger partial charge in [-0.3, -0.25) is 0 Å². The lowest BCUT2D eigenvalue weighted by Gasteiger charge is -2.33. The first kappa shape index (κ1) is 9.77. The van der Waals surface area contributed by atoms with Crippen LogP contribution in [0, 0.1) is 5.92 Å². The van der Waals surface area contributed by atoms with Gasteiger partial charge in [0, 0.05) is 12.6 Å². The maximum atomic E-state index is 11.7. The third-order valence-electron chi connectivity index (χ3n) is 2.99. The Hall–Kier alpha value is -0.770. The van der Waals surface area contributed by atoms with Crippen LogP contribution in [0.4, 0.5) is 4.79 Å². The molecule has 3 fully saturated rings. The highest BCUT2D eigenvalue weighted by molar-refractivity contribution is 5.70. The molecule has 0 unspecified atom stereocenters. The van der Waals surface area contributed by atoms with Gasteiger partial charge in [0.2, 0.25) is 0 Å². The van der Waals surface area contributed by atoms with Crippen LogP contribution >= 0.6 is 0 Å². The van der Waals surface area contributed by atoms with Gasteiger partial charge in [-0.1, -0.05) is 0 Å². The third-order valence-corrected chi connectivity index (χ3v) is 2.99. The smallest absolute Gasteiger partial charge is 0.410 e. The lowest BCUT2D eigenvalue weighted by molar-refractivity contribution is 0.0234. The van der Waals surface area contributed by atoms with Gasteiger partial charge in [-0.15, -0.1) is 0 Å². The van der Waals surface area contributed by atoms with Crippen molar-refractivity contribution in [3.63, 3.8) is 0 Å². The zero-order chi connectivity index (χ0) is 10.5. The van der Waals surface area contributed by atoms with E-state index in [-0.39, 0.29) is 18.2 Å². The van der Waals surface area contributed by atoms with E-state index in [1.807, 2.05) is 20.8 Å². The second-order valence-corrected chi connectivity index (χ2v) is 5.27. The van der Waals surface area contributed by atoms with Crippen LogP contribution in [0.1, 0.15) is 27.2 Å². The molecule has 3 atom stereocenters. The fourth-order valence-corrected chi connectivity index (χ4v) is 2.19. The number of nitrogens with two attached hydrogens (primary N) is 1. The largest absolute Gasteiger partial charge is 0.444 e. The Morgan fingerprint density at radius 2 is 2.14 bits per heavy atom. The Morgan fingerprint density at radius 1 is 1.50 bits per heavy atom. The maximum Gasteiger partial charge on any atom is 0.410 e. The normalized spacial score (nSPS) is 35.4. The molecule has 2 saturated heterocycles. The lowest BCUT2D eigenvalue weighted by Crippen LogP contribution is -2.51. The number of carbonyl (C=O) groups is 1. The van der Waals surface area contributed by atoms with Gasteiger partial charge in [0.25, 0.3) is 0 Å². The summed E-state index contributed by atoms with van der Waals surface area (Å²) in [6.45, 7) is 6.42. The van der Waals surface area contributed by atoms with Crippen LogP contribution in [0.25, 0.3) is 0 Å². The molecular formula is C10H18N2O2. The number of hydrogen-bond donors (Lipinski definition) is 1. The van der Waals surface area contributed by atoms with E-state index in [2.05, 4.69) is 0 Å². The number of amides is 1. The number of nitrogens with zero attached hydrogens (tertiary/aromatic N) is 1. The molecule has 1 amide bonds. The van der Waals surface area contributed by atoms with E-state index >= 15 is 0 Å². The molecule has 3 rings (SSSR count). The number of fused-ring (bicyclic) bond motifs is 1. The molecule has 1 saturated carbocycles. The highest BCUT2D eigenvalue weighted by Gasteiger charge is 2.52. The molecule has 3 aliphatic rings. The molecule has 0 spiro atoms. The molecule has 2 N–H and O–H groups in total. The van der Waals surface area contributed by atoms with Crippen molar-refractivity contribution in [1.82, 2.24) is 4.90 Å². The average Bonchev–Trinajstić information content (AvgIpc) is 2.55. The molecule has 4 nitrogen and oxygen atoms in total. The first-order valence-corrected chi connectivity index (χ1v) is 5.14. The summed E-state index contributed by atoms with van der Waals surface area (Å²) in [7, 11) is 0. The fourth-order valence-electron chi connectivity index (χ4n) is 2.19. The fraction of sp³-hybridized carbons (Fsp3) is 0.900. The lowest BCUT2D eigenvalue weighted by atomic mass is 9.81. The van der Waals surface area contributed by atoms with Crippen LogP contribution in [0.5, 0.6) is 0 Å². The third kappa shape index (κ3) is 1.47. The summed E-state index contributed by atoms with van der Waals surface area (Å²) in [4.78, 5) is 13.5. The molecule has 0 aromatic rings. The summed E-state index contributed by atoms with van der Waals surface area (Å²) in [5, 5.41) is 0. The molecule has 4 heteroatoms. The Morgan fingerprint density at radius 3 is 2.50 bits per heavy atom. The van der Waals surface area contributed by atoms with E-state index in [4.69, 9.17) is 10.5 Å². The molecule has 0 radical (unpaired) electrons. The van der Waals surface area contributed by atoms with Crippen LogP contribution in [0.2, 0.25) is 0 Å². The van der Waals surface area contributed by atoms with Gasteiger partial charge in [0.15, 0.2) is 0 Å². The van der Waals surface area contributed by atoms with Gasteiger partial charge in [-0.2, -0.15) is 0 Å². The minimum Gasteiger partial charge on any atom is -0.444 e. The number of rotatable bonds is 0. The first-order chi connectivity index (χ1) is 6.38. The predicted octanol–water partition coefficient (Wildman–Crippen LogP) is 0.953. The van der Waals surface area contributed by atoms with Crippen LogP contribution in [-0.2, 0) is 4.74 Å². The van der Waals surface area contributed by atoms with Crippen LogP contribution in [0.15, 0.2) is 0 Å². The highest BCUT2D eigenvalue weighted by atomic mass is 16.6. The molecule has 80 valence electrons. The minimum absolute atomic E-state index is 0.183. The summed E-state index contributed by atoms with van der Waals surface area (Å²) in [5.41, 5.74) is 5.46. The summed E-state index contributed by atoms with van der Waals surface area (Å²) < 4.78 is 5.30. The van der Waals surface area contributed by atoms with Crippen LogP contribution < -0.4 is 5.73 Å². The van der Waals surface area contributed by atoms with Crippen molar-refractivity contribution in [1.29, 1.82) is 0 Å². The van der Waals surface area contributed by atoms with Gasteiger partial charge in [-0.25, -0.2) is 4.79 Å². The molecule has 0 aromatic heterocycles. The van der Waals surface area contributed by atoms with Crippen LogP contribution in [-0.4, -0.2) is 35.2 Å². The zero-order valence-corrected chi connectivity index (χ0v) is 8.99. The maximum absolute atomic E-state index is 11.7. The monoisotopic (exact) mass is 198 g/mol. The Bertz CT molecular complexity index is 259. The van der Waals surface area contributed by atoms with Crippen molar-refractivity contribution < 1.29 is 9.53 Å². The van der Waals surface area contributed by atoms with Crippen molar-refractivity contribution >= 4 is 6.09 Å². The number of hydrogen-bond acceptors (Lipinski definition) is 3. The molecular weight excluding hydrogens is 180 g/mol. The molecule has 2 heterocycles.